The Morgan fingerprint density at radius 2 is 1.76 bits per heavy atom. The number of nitrogens with two attached hydrogens (primary N) is 1. The molecule has 1 aromatic heterocycles. The fourth-order valence-corrected chi connectivity index (χ4v) is 3.66. The second-order valence-electron chi connectivity index (χ2n) is 6.09. The van der Waals surface area contributed by atoms with Crippen LogP contribution in [0.15, 0.2) is 24.4 Å². The van der Waals surface area contributed by atoms with E-state index in [9.17, 15) is 0 Å². The van der Waals surface area contributed by atoms with E-state index >= 15 is 0 Å². The Morgan fingerprint density at radius 3 is 2.24 bits per heavy atom. The minimum Gasteiger partial charge on any atom is -0.354 e. The molecule has 118 valence electrons. The maximum Gasteiger partial charge on any atom is 0.128 e. The summed E-state index contributed by atoms with van der Waals surface area (Å²) in [6, 6.07) is 6.14. The van der Waals surface area contributed by atoms with Crippen molar-refractivity contribution >= 4 is 5.82 Å². The molecule has 0 bridgehead atoms. The van der Waals surface area contributed by atoms with Gasteiger partial charge in [-0.1, -0.05) is 32.8 Å². The minimum absolute atomic E-state index is 0.208. The van der Waals surface area contributed by atoms with Crippen molar-refractivity contribution in [2.75, 3.05) is 37.6 Å². The molecule has 2 heterocycles. The lowest BCUT2D eigenvalue weighted by atomic mass is 9.86. The number of rotatable bonds is 7. The van der Waals surface area contributed by atoms with Crippen molar-refractivity contribution in [3.63, 3.8) is 0 Å². The van der Waals surface area contributed by atoms with Gasteiger partial charge in [-0.15, -0.1) is 0 Å². The molecule has 21 heavy (non-hydrogen) atoms. The molecular formula is C17H30N4. The van der Waals surface area contributed by atoms with Crippen molar-refractivity contribution < 1.29 is 0 Å². The largest absolute Gasteiger partial charge is 0.354 e. The van der Waals surface area contributed by atoms with Gasteiger partial charge < -0.3 is 10.6 Å². The summed E-state index contributed by atoms with van der Waals surface area (Å²) < 4.78 is 0. The van der Waals surface area contributed by atoms with Crippen LogP contribution in [-0.2, 0) is 0 Å². The predicted octanol–water partition coefficient (Wildman–Crippen LogP) is 2.50. The van der Waals surface area contributed by atoms with E-state index < -0.39 is 0 Å². The van der Waals surface area contributed by atoms with Crippen LogP contribution in [-0.4, -0.2) is 48.1 Å². The lowest BCUT2D eigenvalue weighted by Gasteiger charge is -2.48. The van der Waals surface area contributed by atoms with Crippen molar-refractivity contribution in [3.8, 4) is 0 Å². The first-order valence-electron chi connectivity index (χ1n) is 8.37. The van der Waals surface area contributed by atoms with E-state index in [0.29, 0.717) is 0 Å². The van der Waals surface area contributed by atoms with Gasteiger partial charge in [-0.25, -0.2) is 4.98 Å². The highest BCUT2D eigenvalue weighted by Gasteiger charge is 2.35. The Bertz CT molecular complexity index is 393. The summed E-state index contributed by atoms with van der Waals surface area (Å²) in [5.74, 6) is 1.10. The van der Waals surface area contributed by atoms with Gasteiger partial charge in [-0.2, -0.15) is 0 Å². The molecule has 0 amide bonds. The highest BCUT2D eigenvalue weighted by Crippen LogP contribution is 2.28. The Hall–Kier alpha value is -1.13. The smallest absolute Gasteiger partial charge is 0.128 e. The number of anilines is 1. The van der Waals surface area contributed by atoms with Gasteiger partial charge in [0.2, 0.25) is 0 Å². The van der Waals surface area contributed by atoms with Gasteiger partial charge in [-0.3, -0.25) is 4.90 Å². The number of aromatic nitrogens is 1. The van der Waals surface area contributed by atoms with Gasteiger partial charge in [0.15, 0.2) is 0 Å². The van der Waals surface area contributed by atoms with Crippen LogP contribution < -0.4 is 10.6 Å². The molecule has 2 N–H and O–H groups in total. The zero-order valence-corrected chi connectivity index (χ0v) is 13.6. The Labute approximate surface area is 129 Å². The van der Waals surface area contributed by atoms with E-state index in [1.54, 1.807) is 0 Å². The third kappa shape index (κ3) is 3.74. The molecule has 0 spiro atoms. The molecule has 0 saturated carbocycles. The number of piperazine rings is 1. The predicted molar refractivity (Wildman–Crippen MR) is 89.6 cm³/mol. The standard InChI is InChI=1S/C17H30N4/c1-3-8-17(15-18,9-4-2)21-13-11-20(12-14-21)16-7-5-6-10-19-16/h5-7,10H,3-4,8-9,11-15,18H2,1-2H3. The van der Waals surface area contributed by atoms with Crippen molar-refractivity contribution in [1.29, 1.82) is 0 Å². The van der Waals surface area contributed by atoms with Gasteiger partial charge in [0.1, 0.15) is 5.82 Å². The normalized spacial score (nSPS) is 17.2. The third-order valence-corrected chi connectivity index (χ3v) is 4.73. The molecule has 0 aliphatic carbocycles. The lowest BCUT2D eigenvalue weighted by molar-refractivity contribution is 0.0682. The van der Waals surface area contributed by atoms with Gasteiger partial charge in [0, 0.05) is 44.5 Å². The van der Waals surface area contributed by atoms with Crippen molar-refractivity contribution in [2.45, 2.75) is 45.1 Å². The van der Waals surface area contributed by atoms with Gasteiger partial charge >= 0.3 is 0 Å². The second kappa shape index (κ2) is 7.76. The summed E-state index contributed by atoms with van der Waals surface area (Å²) >= 11 is 0. The minimum atomic E-state index is 0.208. The van der Waals surface area contributed by atoms with E-state index in [1.165, 1.54) is 25.7 Å². The zero-order valence-electron chi connectivity index (χ0n) is 13.6. The molecule has 1 fully saturated rings. The summed E-state index contributed by atoms with van der Waals surface area (Å²) in [6.07, 6.45) is 6.71. The van der Waals surface area contributed by atoms with Crippen LogP contribution in [0.25, 0.3) is 0 Å². The molecule has 2 rings (SSSR count). The molecular weight excluding hydrogens is 260 g/mol. The van der Waals surface area contributed by atoms with E-state index in [0.717, 1.165) is 38.5 Å². The molecule has 1 aliphatic rings. The number of nitrogens with zero attached hydrogens (tertiary/aromatic N) is 3. The quantitative estimate of drug-likeness (QED) is 0.838. The Balaban J connectivity index is 2.01. The second-order valence-corrected chi connectivity index (χ2v) is 6.09. The van der Waals surface area contributed by atoms with Crippen LogP contribution in [0.3, 0.4) is 0 Å². The van der Waals surface area contributed by atoms with E-state index in [4.69, 9.17) is 5.73 Å². The van der Waals surface area contributed by atoms with Gasteiger partial charge in [-0.05, 0) is 25.0 Å². The summed E-state index contributed by atoms with van der Waals surface area (Å²) in [5.41, 5.74) is 6.40. The molecule has 0 unspecified atom stereocenters. The van der Waals surface area contributed by atoms with Crippen LogP contribution in [0.1, 0.15) is 39.5 Å². The van der Waals surface area contributed by atoms with E-state index in [2.05, 4.69) is 40.8 Å². The van der Waals surface area contributed by atoms with Crippen LogP contribution >= 0.6 is 0 Å². The van der Waals surface area contributed by atoms with Crippen LogP contribution in [0, 0.1) is 0 Å². The first-order chi connectivity index (χ1) is 10.3. The Morgan fingerprint density at radius 1 is 1.10 bits per heavy atom. The molecule has 0 radical (unpaired) electrons. The van der Waals surface area contributed by atoms with Crippen molar-refractivity contribution in [2.24, 2.45) is 5.73 Å². The topological polar surface area (TPSA) is 45.4 Å². The Kier molecular flexibility index (Phi) is 6.00. The summed E-state index contributed by atoms with van der Waals surface area (Å²) in [7, 11) is 0. The van der Waals surface area contributed by atoms with Gasteiger partial charge in [0.25, 0.3) is 0 Å². The third-order valence-electron chi connectivity index (χ3n) is 4.73. The maximum atomic E-state index is 6.19. The first-order valence-corrected chi connectivity index (χ1v) is 8.37. The number of pyridine rings is 1. The molecule has 4 nitrogen and oxygen atoms in total. The van der Waals surface area contributed by atoms with Crippen molar-refractivity contribution in [3.05, 3.63) is 24.4 Å². The molecule has 4 heteroatoms. The highest BCUT2D eigenvalue weighted by molar-refractivity contribution is 5.38. The molecule has 1 aliphatic heterocycles. The summed E-state index contributed by atoms with van der Waals surface area (Å²) in [6.45, 7) is 9.59. The zero-order chi connectivity index (χ0) is 15.1. The fraction of sp³-hybridized carbons (Fsp3) is 0.706. The van der Waals surface area contributed by atoms with Crippen LogP contribution in [0.2, 0.25) is 0 Å². The molecule has 1 saturated heterocycles. The fourth-order valence-electron chi connectivity index (χ4n) is 3.66. The first kappa shape index (κ1) is 16.2. The van der Waals surface area contributed by atoms with Crippen LogP contribution in [0.4, 0.5) is 5.82 Å². The van der Waals surface area contributed by atoms with Gasteiger partial charge in [0.05, 0.1) is 0 Å². The maximum absolute atomic E-state index is 6.19. The van der Waals surface area contributed by atoms with Crippen molar-refractivity contribution in [1.82, 2.24) is 9.88 Å². The number of hydrogen-bond donors (Lipinski definition) is 1. The average molecular weight is 290 g/mol. The molecule has 0 atom stereocenters. The number of hydrogen-bond acceptors (Lipinski definition) is 4. The molecule has 0 aromatic carbocycles. The van der Waals surface area contributed by atoms with Crippen LogP contribution in [0.5, 0.6) is 0 Å². The molecule has 1 aromatic rings. The van der Waals surface area contributed by atoms with E-state index in [-0.39, 0.29) is 5.54 Å². The summed E-state index contributed by atoms with van der Waals surface area (Å²) in [5, 5.41) is 0. The van der Waals surface area contributed by atoms with E-state index in [1.807, 2.05) is 12.3 Å². The SMILES string of the molecule is CCCC(CN)(CCC)N1CCN(c2ccccn2)CC1. The highest BCUT2D eigenvalue weighted by atomic mass is 15.3. The lowest BCUT2D eigenvalue weighted by Crippen LogP contribution is -2.60. The monoisotopic (exact) mass is 290 g/mol. The summed E-state index contributed by atoms with van der Waals surface area (Å²) in [4.78, 5) is 9.49. The average Bonchev–Trinajstić information content (AvgIpc) is 2.55.